The van der Waals surface area contributed by atoms with Crippen LogP contribution in [0.2, 0.25) is 0 Å². The van der Waals surface area contributed by atoms with Crippen LogP contribution in [-0.2, 0) is 22.6 Å². The van der Waals surface area contributed by atoms with Crippen LogP contribution in [0.4, 0.5) is 8.78 Å². The molecule has 0 saturated heterocycles. The summed E-state index contributed by atoms with van der Waals surface area (Å²) in [5.41, 5.74) is 1.62. The van der Waals surface area contributed by atoms with Crippen LogP contribution in [0.25, 0.3) is 0 Å². The number of hydrogen-bond acceptors (Lipinski definition) is 6. The van der Waals surface area contributed by atoms with Gasteiger partial charge in [-0.1, -0.05) is 5.16 Å². The van der Waals surface area contributed by atoms with Crippen LogP contribution in [0.15, 0.2) is 17.4 Å². The molecule has 0 radical (unpaired) electrons. The third-order valence-corrected chi connectivity index (χ3v) is 4.27. The van der Waals surface area contributed by atoms with Crippen molar-refractivity contribution in [3.05, 3.63) is 23.4 Å². The largest absolute Gasteiger partial charge is 0.760 e. The number of aromatic nitrogens is 1. The highest BCUT2D eigenvalue weighted by atomic mass is 32.2. The summed E-state index contributed by atoms with van der Waals surface area (Å²) in [7, 11) is 1.45. The van der Waals surface area contributed by atoms with E-state index in [1.54, 1.807) is 13.0 Å². The van der Waals surface area contributed by atoms with Crippen molar-refractivity contribution in [3.63, 3.8) is 0 Å². The smallest absolute Gasteiger partial charge is 0.248 e. The first-order valence-electron chi connectivity index (χ1n) is 7.75. The maximum Gasteiger partial charge on any atom is 0.248 e. The first-order valence-corrected chi connectivity index (χ1v) is 8.82. The molecule has 0 amide bonds. The van der Waals surface area contributed by atoms with E-state index in [4.69, 9.17) is 9.57 Å². The molecule has 1 saturated carbocycles. The van der Waals surface area contributed by atoms with E-state index in [1.165, 1.54) is 13.3 Å². The SMILES string of the molecule is COc1ncc(CNS(=O)[O-])cc1C(C)=NOC1CCC(F)(F)CC1. The molecule has 1 fully saturated rings. The van der Waals surface area contributed by atoms with E-state index >= 15 is 0 Å². The Morgan fingerprint density at radius 2 is 2.20 bits per heavy atom. The van der Waals surface area contributed by atoms with E-state index in [1.807, 2.05) is 0 Å². The average Bonchev–Trinajstić information content (AvgIpc) is 2.58. The number of oxime groups is 1. The quantitative estimate of drug-likeness (QED) is 0.447. The Morgan fingerprint density at radius 1 is 1.52 bits per heavy atom. The third-order valence-electron chi connectivity index (χ3n) is 3.89. The second kappa shape index (κ2) is 8.63. The summed E-state index contributed by atoms with van der Waals surface area (Å²) in [6, 6.07) is 1.68. The summed E-state index contributed by atoms with van der Waals surface area (Å²) >= 11 is -2.38. The molecule has 140 valence electrons. The highest BCUT2D eigenvalue weighted by Crippen LogP contribution is 2.34. The lowest BCUT2D eigenvalue weighted by molar-refractivity contribution is -0.0797. The van der Waals surface area contributed by atoms with Crippen molar-refractivity contribution in [2.75, 3.05) is 7.11 Å². The maximum absolute atomic E-state index is 13.1. The molecule has 0 bridgehead atoms. The van der Waals surface area contributed by atoms with Gasteiger partial charge in [-0.2, -0.15) is 0 Å². The highest BCUT2D eigenvalue weighted by molar-refractivity contribution is 7.77. The van der Waals surface area contributed by atoms with Crippen LogP contribution in [0, 0.1) is 0 Å². The van der Waals surface area contributed by atoms with Gasteiger partial charge in [-0.15, -0.1) is 0 Å². The standard InChI is InChI=1S/C15H21F2N3O4S/c1-10(20-24-12-3-5-15(16,17)6-4-12)13-7-11(9-19-25(21)22)8-18-14(13)23-2/h7-8,12,19H,3-6,9H2,1-2H3,(H,21,22)/p-1. The molecular formula is C15H20F2N3O4S-. The highest BCUT2D eigenvalue weighted by Gasteiger charge is 2.35. The van der Waals surface area contributed by atoms with Gasteiger partial charge in [-0.25, -0.2) is 18.5 Å². The molecule has 1 aliphatic carbocycles. The van der Waals surface area contributed by atoms with E-state index in [0.29, 0.717) is 22.7 Å². The molecule has 7 nitrogen and oxygen atoms in total. The minimum absolute atomic E-state index is 0.0753. The lowest BCUT2D eigenvalue weighted by Gasteiger charge is -2.26. The van der Waals surface area contributed by atoms with Crippen LogP contribution < -0.4 is 9.46 Å². The number of nitrogens with one attached hydrogen (secondary N) is 1. The Kier molecular flexibility index (Phi) is 6.79. The number of hydrogen-bond donors (Lipinski definition) is 1. The normalized spacial score (nSPS) is 19.5. The molecule has 1 aromatic rings. The van der Waals surface area contributed by atoms with E-state index in [9.17, 15) is 17.5 Å². The van der Waals surface area contributed by atoms with Crippen molar-refractivity contribution in [1.82, 2.24) is 9.71 Å². The predicted octanol–water partition coefficient (Wildman–Crippen LogP) is 2.29. The summed E-state index contributed by atoms with van der Waals surface area (Å²) in [5.74, 6) is -2.30. The minimum Gasteiger partial charge on any atom is -0.760 e. The molecule has 1 atom stereocenters. The molecule has 0 aromatic carbocycles. The van der Waals surface area contributed by atoms with Gasteiger partial charge in [0.05, 0.1) is 18.4 Å². The first kappa shape index (κ1) is 19.7. The molecule has 10 heteroatoms. The fourth-order valence-corrected chi connectivity index (χ4v) is 2.76. The zero-order valence-electron chi connectivity index (χ0n) is 14.0. The lowest BCUT2D eigenvalue weighted by atomic mass is 9.94. The summed E-state index contributed by atoms with van der Waals surface area (Å²) in [6.07, 6.45) is 1.23. The molecular weight excluding hydrogens is 356 g/mol. The van der Waals surface area contributed by atoms with Gasteiger partial charge in [-0.05, 0) is 31.4 Å². The summed E-state index contributed by atoms with van der Waals surface area (Å²) in [6.45, 7) is 1.76. The maximum atomic E-state index is 13.1. The zero-order chi connectivity index (χ0) is 18.4. The molecule has 2 rings (SSSR count). The van der Waals surface area contributed by atoms with Crippen molar-refractivity contribution in [2.45, 2.75) is 51.2 Å². The Balaban J connectivity index is 2.07. The molecule has 1 aromatic heterocycles. The predicted molar refractivity (Wildman–Crippen MR) is 87.0 cm³/mol. The zero-order valence-corrected chi connectivity index (χ0v) is 14.8. The van der Waals surface area contributed by atoms with Crippen LogP contribution in [0.5, 0.6) is 5.88 Å². The second-order valence-electron chi connectivity index (χ2n) is 5.79. The van der Waals surface area contributed by atoms with Crippen LogP contribution in [0.1, 0.15) is 43.7 Å². The number of ether oxygens (including phenoxy) is 1. The monoisotopic (exact) mass is 376 g/mol. The van der Waals surface area contributed by atoms with Crippen LogP contribution in [0.3, 0.4) is 0 Å². The Hall–Kier alpha value is -1.65. The van der Waals surface area contributed by atoms with Crippen LogP contribution in [-0.4, -0.2) is 38.6 Å². The fourth-order valence-electron chi connectivity index (χ4n) is 2.48. The van der Waals surface area contributed by atoms with Gasteiger partial charge >= 0.3 is 0 Å². The Labute approximate surface area is 147 Å². The van der Waals surface area contributed by atoms with Crippen molar-refractivity contribution in [2.24, 2.45) is 5.16 Å². The van der Waals surface area contributed by atoms with Gasteiger partial charge in [0.1, 0.15) is 6.10 Å². The fraction of sp³-hybridized carbons (Fsp3) is 0.600. The van der Waals surface area contributed by atoms with Gasteiger partial charge < -0.3 is 14.1 Å². The summed E-state index contributed by atoms with van der Waals surface area (Å²) in [4.78, 5) is 9.50. The van der Waals surface area contributed by atoms with Gasteiger partial charge in [0, 0.05) is 36.8 Å². The summed E-state index contributed by atoms with van der Waals surface area (Å²) < 4.78 is 54.9. The summed E-state index contributed by atoms with van der Waals surface area (Å²) in [5, 5.41) is 4.02. The number of alkyl halides is 2. The van der Waals surface area contributed by atoms with Gasteiger partial charge in [-0.3, -0.25) is 4.21 Å². The topological polar surface area (TPSA) is 95.9 Å². The van der Waals surface area contributed by atoms with E-state index in [2.05, 4.69) is 14.9 Å². The Morgan fingerprint density at radius 3 is 2.80 bits per heavy atom. The van der Waals surface area contributed by atoms with E-state index in [0.717, 1.165) is 0 Å². The Bertz CT molecular complexity index is 648. The molecule has 1 N–H and O–H groups in total. The van der Waals surface area contributed by atoms with Crippen molar-refractivity contribution < 1.29 is 27.1 Å². The first-order chi connectivity index (χ1) is 11.8. The minimum atomic E-state index is -2.62. The number of nitrogens with zero attached hydrogens (tertiary/aromatic N) is 2. The van der Waals surface area contributed by atoms with Crippen LogP contribution >= 0.6 is 0 Å². The van der Waals surface area contributed by atoms with E-state index in [-0.39, 0.29) is 38.3 Å². The third kappa shape index (κ3) is 5.98. The number of halogens is 2. The molecule has 0 aliphatic heterocycles. The number of methoxy groups -OCH3 is 1. The van der Waals surface area contributed by atoms with Gasteiger partial charge in [0.15, 0.2) is 0 Å². The van der Waals surface area contributed by atoms with Crippen molar-refractivity contribution >= 4 is 17.0 Å². The number of rotatable bonds is 7. The lowest BCUT2D eigenvalue weighted by Crippen LogP contribution is -2.28. The van der Waals surface area contributed by atoms with Crippen molar-refractivity contribution in [3.8, 4) is 5.88 Å². The van der Waals surface area contributed by atoms with E-state index < -0.39 is 17.2 Å². The van der Waals surface area contributed by atoms with Gasteiger partial charge in [0.2, 0.25) is 11.8 Å². The second-order valence-corrected chi connectivity index (χ2v) is 6.55. The molecule has 1 aliphatic rings. The molecule has 1 heterocycles. The van der Waals surface area contributed by atoms with Crippen molar-refractivity contribution in [1.29, 1.82) is 0 Å². The number of pyridine rings is 1. The van der Waals surface area contributed by atoms with Gasteiger partial charge in [0.25, 0.3) is 0 Å². The average molecular weight is 376 g/mol. The molecule has 1 unspecified atom stereocenters. The molecule has 25 heavy (non-hydrogen) atoms. The molecule has 0 spiro atoms.